The molecule has 39 heavy (non-hydrogen) atoms. The Morgan fingerprint density at radius 3 is 1.69 bits per heavy atom. The maximum absolute atomic E-state index is 11.9. The number of carbonyl (C=O) groups excluding carboxylic acids is 3. The van der Waals surface area contributed by atoms with Gasteiger partial charge in [-0.05, 0) is 60.7 Å². The molecule has 0 saturated heterocycles. The van der Waals surface area contributed by atoms with E-state index in [1.54, 1.807) is 30.3 Å². The van der Waals surface area contributed by atoms with Crippen molar-refractivity contribution < 1.29 is 83.1 Å². The van der Waals surface area contributed by atoms with Gasteiger partial charge in [0.2, 0.25) is 0 Å². The monoisotopic (exact) mass is 583 g/mol. The standard InChI is InChI=1S/C15H11NO3.C14H10O3.Na.H2O.Zn/c1-16-14(17)12-8-7-11(9-13(12)15(16)18)19-10-5-3-2-4-6-10;15-14-13-7-6-12(8-10(13)9-16-14)17-11-4-2-1-3-5-11;;;/h2-9H,1H3;1-8H,9H2;;1H2;/q;;+1;;/p-1. The summed E-state index contributed by atoms with van der Waals surface area (Å²) in [6.07, 6.45) is 0. The van der Waals surface area contributed by atoms with Crippen molar-refractivity contribution in [3.63, 3.8) is 0 Å². The van der Waals surface area contributed by atoms with Crippen LogP contribution in [-0.2, 0) is 30.8 Å². The molecule has 1 N–H and O–H groups in total. The van der Waals surface area contributed by atoms with Gasteiger partial charge in [0.05, 0.1) is 16.7 Å². The topological polar surface area (TPSA) is 112 Å². The van der Waals surface area contributed by atoms with Crippen molar-refractivity contribution in [3.05, 3.63) is 119 Å². The Kier molecular flexibility index (Phi) is 11.6. The molecule has 0 bridgehead atoms. The van der Waals surface area contributed by atoms with E-state index in [1.807, 2.05) is 66.7 Å². The number of carbonyl (C=O) groups is 3. The van der Waals surface area contributed by atoms with E-state index in [-0.39, 0.29) is 72.3 Å². The maximum Gasteiger partial charge on any atom is 1.00 e. The molecule has 4 aromatic rings. The number of benzene rings is 4. The smallest absolute Gasteiger partial charge is 0.870 e. The van der Waals surface area contributed by atoms with Crippen LogP contribution >= 0.6 is 0 Å². The number of amides is 2. The molecule has 2 aliphatic rings. The van der Waals surface area contributed by atoms with Gasteiger partial charge in [0.15, 0.2) is 0 Å². The van der Waals surface area contributed by atoms with Crippen LogP contribution in [0.5, 0.6) is 23.0 Å². The molecule has 188 valence electrons. The van der Waals surface area contributed by atoms with Crippen molar-refractivity contribution in [2.24, 2.45) is 0 Å². The van der Waals surface area contributed by atoms with Crippen molar-refractivity contribution in [1.29, 1.82) is 0 Å². The molecule has 6 rings (SSSR count). The van der Waals surface area contributed by atoms with E-state index in [0.717, 1.165) is 16.2 Å². The van der Waals surface area contributed by atoms with Crippen molar-refractivity contribution in [3.8, 4) is 23.0 Å². The van der Waals surface area contributed by atoms with Gasteiger partial charge in [-0.1, -0.05) is 36.4 Å². The van der Waals surface area contributed by atoms with Crippen LogP contribution in [0.1, 0.15) is 36.6 Å². The molecular formula is C29H22NNaO7Zn. The average molecular weight is 585 g/mol. The number of nitrogens with zero attached hydrogens (tertiary/aromatic N) is 1. The van der Waals surface area contributed by atoms with Gasteiger partial charge in [0, 0.05) is 32.1 Å². The number of cyclic esters (lactones) is 1. The Hall–Kier alpha value is -3.33. The van der Waals surface area contributed by atoms with Gasteiger partial charge in [0.25, 0.3) is 11.8 Å². The van der Waals surface area contributed by atoms with Crippen LogP contribution < -0.4 is 39.0 Å². The van der Waals surface area contributed by atoms with Crippen molar-refractivity contribution in [1.82, 2.24) is 4.90 Å². The third kappa shape index (κ3) is 7.21. The van der Waals surface area contributed by atoms with Gasteiger partial charge in [0.1, 0.15) is 29.6 Å². The predicted molar refractivity (Wildman–Crippen MR) is 133 cm³/mol. The first-order chi connectivity index (χ1) is 17.5. The van der Waals surface area contributed by atoms with Crippen LogP contribution in [-0.4, -0.2) is 35.2 Å². The van der Waals surface area contributed by atoms with E-state index in [2.05, 4.69) is 0 Å². The molecule has 0 atom stereocenters. The van der Waals surface area contributed by atoms with Crippen LogP contribution in [0, 0.1) is 0 Å². The van der Waals surface area contributed by atoms with E-state index >= 15 is 0 Å². The van der Waals surface area contributed by atoms with E-state index < -0.39 is 0 Å². The number of ether oxygens (including phenoxy) is 3. The summed E-state index contributed by atoms with van der Waals surface area (Å²) in [4.78, 5) is 36.0. The second-order valence-corrected chi connectivity index (χ2v) is 8.10. The Labute approximate surface area is 260 Å². The Morgan fingerprint density at radius 1 is 0.641 bits per heavy atom. The summed E-state index contributed by atoms with van der Waals surface area (Å²) in [5, 5.41) is 0. The Morgan fingerprint density at radius 2 is 1.13 bits per heavy atom. The summed E-state index contributed by atoms with van der Waals surface area (Å²) in [7, 11) is 1.47. The van der Waals surface area contributed by atoms with Crippen LogP contribution in [0.2, 0.25) is 0 Å². The molecule has 0 aromatic heterocycles. The summed E-state index contributed by atoms with van der Waals surface area (Å²) >= 11 is 0. The minimum atomic E-state index is -0.293. The first kappa shape index (κ1) is 31.9. The molecule has 2 aliphatic heterocycles. The van der Waals surface area contributed by atoms with Crippen molar-refractivity contribution in [2.45, 2.75) is 6.61 Å². The molecule has 0 saturated carbocycles. The molecule has 0 radical (unpaired) electrons. The second kappa shape index (κ2) is 14.2. The molecule has 0 aliphatic carbocycles. The minimum absolute atomic E-state index is 0. The Bertz CT molecular complexity index is 1470. The molecule has 0 unspecified atom stereocenters. The summed E-state index contributed by atoms with van der Waals surface area (Å²) in [6, 6.07) is 29.1. The predicted octanol–water partition coefficient (Wildman–Crippen LogP) is 2.68. The Balaban J connectivity index is 0.000000255. The van der Waals surface area contributed by atoms with Crippen LogP contribution in [0.3, 0.4) is 0 Å². The van der Waals surface area contributed by atoms with E-state index in [9.17, 15) is 14.4 Å². The zero-order valence-electron chi connectivity index (χ0n) is 21.5. The number of imide groups is 1. The number of rotatable bonds is 4. The normalized spacial score (nSPS) is 12.3. The molecule has 0 fully saturated rings. The van der Waals surface area contributed by atoms with E-state index in [4.69, 9.17) is 14.2 Å². The van der Waals surface area contributed by atoms with Crippen molar-refractivity contribution >= 4 is 17.8 Å². The van der Waals surface area contributed by atoms with E-state index in [0.29, 0.717) is 40.5 Å². The zero-order valence-corrected chi connectivity index (χ0v) is 26.5. The summed E-state index contributed by atoms with van der Waals surface area (Å²) in [6.45, 7) is 0.333. The summed E-state index contributed by atoms with van der Waals surface area (Å²) in [5.41, 5.74) is 2.32. The summed E-state index contributed by atoms with van der Waals surface area (Å²) in [5.74, 6) is 1.90. The number of hydrogen-bond acceptors (Lipinski definition) is 7. The fourth-order valence-corrected chi connectivity index (χ4v) is 3.83. The third-order valence-corrected chi connectivity index (χ3v) is 5.67. The fourth-order valence-electron chi connectivity index (χ4n) is 3.83. The SMILES string of the molecule is CN1C(=O)c2ccc(Oc3ccccc3)cc2C1=O.O=C1OCc2cc(Oc3ccccc3)ccc21.[Na+].[OH-].[Zn]. The molecule has 4 aromatic carbocycles. The maximum atomic E-state index is 11.9. The number of esters is 1. The third-order valence-electron chi connectivity index (χ3n) is 5.67. The van der Waals surface area contributed by atoms with Gasteiger partial charge in [-0.25, -0.2) is 4.79 Å². The zero-order chi connectivity index (χ0) is 25.1. The summed E-state index contributed by atoms with van der Waals surface area (Å²) < 4.78 is 16.2. The minimum Gasteiger partial charge on any atom is -0.870 e. The largest absolute Gasteiger partial charge is 1.00 e. The quantitative estimate of drug-likeness (QED) is 0.206. The van der Waals surface area contributed by atoms with Gasteiger partial charge in [-0.3, -0.25) is 14.5 Å². The van der Waals surface area contributed by atoms with Crippen LogP contribution in [0.15, 0.2) is 97.1 Å². The van der Waals surface area contributed by atoms with Gasteiger partial charge in [-0.15, -0.1) is 0 Å². The molecular weight excluding hydrogens is 563 g/mol. The first-order valence-electron chi connectivity index (χ1n) is 11.2. The first-order valence-corrected chi connectivity index (χ1v) is 11.2. The molecule has 2 amide bonds. The molecule has 10 heteroatoms. The van der Waals surface area contributed by atoms with Gasteiger partial charge < -0.3 is 19.7 Å². The molecule has 8 nitrogen and oxygen atoms in total. The van der Waals surface area contributed by atoms with Crippen LogP contribution in [0.4, 0.5) is 0 Å². The number of para-hydroxylation sites is 2. The fraction of sp³-hybridized carbons (Fsp3) is 0.0690. The second-order valence-electron chi connectivity index (χ2n) is 8.10. The van der Waals surface area contributed by atoms with Gasteiger partial charge in [-0.2, -0.15) is 0 Å². The van der Waals surface area contributed by atoms with Crippen molar-refractivity contribution in [2.75, 3.05) is 7.05 Å². The van der Waals surface area contributed by atoms with E-state index in [1.165, 1.54) is 7.05 Å². The molecule has 0 spiro atoms. The molecule has 2 heterocycles. The van der Waals surface area contributed by atoms with Crippen LogP contribution in [0.25, 0.3) is 0 Å². The average Bonchev–Trinajstić information content (AvgIpc) is 3.38. The number of fused-ring (bicyclic) bond motifs is 2. The number of hydrogen-bond donors (Lipinski definition) is 0. The van der Waals surface area contributed by atoms with Gasteiger partial charge >= 0.3 is 35.5 Å².